The van der Waals surface area contributed by atoms with Crippen LogP contribution in [0.3, 0.4) is 0 Å². The average molecular weight is 622 g/mol. The maximum atomic E-state index is 12.3. The summed E-state index contributed by atoms with van der Waals surface area (Å²) in [6.45, 7) is 4.26. The second-order valence-corrected chi connectivity index (χ2v) is 13.7. The average Bonchev–Trinajstić information content (AvgIpc) is 3.03. The molecule has 0 aromatic heterocycles. The number of hydrogen-bond acceptors (Lipinski definition) is 3. The number of aliphatic hydroxyl groups excluding tert-OH is 2. The number of carbonyl (C=O) groups excluding carboxylic acids is 1. The Morgan fingerprint density at radius 2 is 0.841 bits per heavy atom. The summed E-state index contributed by atoms with van der Waals surface area (Å²) in [5.74, 6) is -0.0647. The summed E-state index contributed by atoms with van der Waals surface area (Å²) in [5.41, 5.74) is 0. The van der Waals surface area contributed by atoms with E-state index in [4.69, 9.17) is 0 Å². The summed E-state index contributed by atoms with van der Waals surface area (Å²) in [6.07, 6.45) is 44.8. The first-order chi connectivity index (χ1) is 21.7. The normalized spacial score (nSPS) is 13.1. The molecule has 2 atom stereocenters. The molecule has 0 aliphatic rings. The van der Waals surface area contributed by atoms with E-state index in [9.17, 15) is 15.0 Å². The molecule has 0 rings (SSSR count). The van der Waals surface area contributed by atoms with Crippen LogP contribution in [0.5, 0.6) is 0 Å². The Balaban J connectivity index is 3.40. The number of amides is 1. The summed E-state index contributed by atoms with van der Waals surface area (Å²) >= 11 is 0. The van der Waals surface area contributed by atoms with Crippen LogP contribution in [0.1, 0.15) is 219 Å². The molecule has 3 N–H and O–H groups in total. The number of rotatable bonds is 36. The predicted octanol–water partition coefficient (Wildman–Crippen LogP) is 11.9. The molecule has 0 aromatic rings. The van der Waals surface area contributed by atoms with Gasteiger partial charge in [-0.2, -0.15) is 0 Å². The zero-order valence-electron chi connectivity index (χ0n) is 29.9. The zero-order chi connectivity index (χ0) is 32.2. The second-order valence-electron chi connectivity index (χ2n) is 13.7. The van der Waals surface area contributed by atoms with Crippen LogP contribution >= 0.6 is 0 Å². The standard InChI is InChI=1S/C40H79NO3/c1-3-5-7-9-11-12-13-14-15-16-17-18-19-20-21-22-23-24-25-26-27-28-30-32-34-36-40(44)41-38(37-42)39(43)35-33-31-29-10-8-6-4-2/h33,35,38-39,42-43H,3-32,34,36-37H2,1-2H3,(H,41,44)/b35-33+. The van der Waals surface area contributed by atoms with Crippen molar-refractivity contribution in [1.82, 2.24) is 5.32 Å². The van der Waals surface area contributed by atoms with E-state index in [1.165, 1.54) is 173 Å². The minimum absolute atomic E-state index is 0.0647. The number of carbonyl (C=O) groups is 1. The molecule has 0 saturated heterocycles. The van der Waals surface area contributed by atoms with Gasteiger partial charge in [0.2, 0.25) is 5.91 Å². The number of allylic oxidation sites excluding steroid dienone is 1. The molecule has 4 heteroatoms. The fourth-order valence-corrected chi connectivity index (χ4v) is 6.18. The van der Waals surface area contributed by atoms with Gasteiger partial charge in [0.1, 0.15) is 0 Å². The van der Waals surface area contributed by atoms with Gasteiger partial charge in [0.15, 0.2) is 0 Å². The van der Waals surface area contributed by atoms with Gasteiger partial charge in [0.25, 0.3) is 0 Å². The van der Waals surface area contributed by atoms with Crippen molar-refractivity contribution in [3.8, 4) is 0 Å². The summed E-state index contributed by atoms with van der Waals surface area (Å²) in [5, 5.41) is 22.7. The van der Waals surface area contributed by atoms with Crippen LogP contribution in [0, 0.1) is 0 Å². The van der Waals surface area contributed by atoms with Gasteiger partial charge < -0.3 is 15.5 Å². The van der Waals surface area contributed by atoms with E-state index in [0.29, 0.717) is 6.42 Å². The van der Waals surface area contributed by atoms with Gasteiger partial charge in [-0.05, 0) is 19.3 Å². The van der Waals surface area contributed by atoms with Crippen molar-refractivity contribution in [3.63, 3.8) is 0 Å². The van der Waals surface area contributed by atoms with Crippen LogP contribution < -0.4 is 5.32 Å². The number of hydrogen-bond donors (Lipinski definition) is 3. The fraction of sp³-hybridized carbons (Fsp3) is 0.925. The smallest absolute Gasteiger partial charge is 0.220 e. The molecule has 0 bridgehead atoms. The van der Waals surface area contributed by atoms with E-state index in [1.54, 1.807) is 6.08 Å². The number of nitrogens with one attached hydrogen (secondary N) is 1. The van der Waals surface area contributed by atoms with Crippen molar-refractivity contribution in [2.24, 2.45) is 0 Å². The third-order valence-corrected chi connectivity index (χ3v) is 9.27. The number of unbranched alkanes of at least 4 members (excludes halogenated alkanes) is 29. The lowest BCUT2D eigenvalue weighted by Crippen LogP contribution is -2.45. The lowest BCUT2D eigenvalue weighted by Gasteiger charge is -2.20. The van der Waals surface area contributed by atoms with Gasteiger partial charge >= 0.3 is 0 Å². The molecule has 4 nitrogen and oxygen atoms in total. The molecule has 0 radical (unpaired) electrons. The van der Waals surface area contributed by atoms with Crippen molar-refractivity contribution in [2.75, 3.05) is 6.61 Å². The topological polar surface area (TPSA) is 69.6 Å². The van der Waals surface area contributed by atoms with E-state index < -0.39 is 12.1 Å². The third kappa shape index (κ3) is 32.5. The molecule has 0 aliphatic heterocycles. The first kappa shape index (κ1) is 43.1. The number of aliphatic hydroxyl groups is 2. The van der Waals surface area contributed by atoms with Crippen LogP contribution in [-0.4, -0.2) is 34.9 Å². The van der Waals surface area contributed by atoms with Crippen LogP contribution in [0.4, 0.5) is 0 Å². The first-order valence-electron chi connectivity index (χ1n) is 19.9. The van der Waals surface area contributed by atoms with Gasteiger partial charge in [-0.3, -0.25) is 4.79 Å². The third-order valence-electron chi connectivity index (χ3n) is 9.27. The quantitative estimate of drug-likeness (QED) is 0.0481. The molecular formula is C40H79NO3. The Kier molecular flexibility index (Phi) is 35.9. The predicted molar refractivity (Wildman–Crippen MR) is 193 cm³/mol. The molecular weight excluding hydrogens is 542 g/mol. The van der Waals surface area contributed by atoms with E-state index in [0.717, 1.165) is 25.7 Å². The summed E-state index contributed by atoms with van der Waals surface area (Å²) in [7, 11) is 0. The highest BCUT2D eigenvalue weighted by molar-refractivity contribution is 5.76. The summed E-state index contributed by atoms with van der Waals surface area (Å²) in [6, 6.07) is -0.613. The van der Waals surface area contributed by atoms with Gasteiger partial charge in [-0.1, -0.05) is 206 Å². The van der Waals surface area contributed by atoms with Crippen LogP contribution in [0.2, 0.25) is 0 Å². The fourth-order valence-electron chi connectivity index (χ4n) is 6.18. The highest BCUT2D eigenvalue weighted by atomic mass is 16.3. The minimum Gasteiger partial charge on any atom is -0.394 e. The minimum atomic E-state index is -0.830. The van der Waals surface area contributed by atoms with E-state index in [-0.39, 0.29) is 12.5 Å². The van der Waals surface area contributed by atoms with Gasteiger partial charge in [-0.15, -0.1) is 0 Å². The molecule has 0 aromatic carbocycles. The zero-order valence-corrected chi connectivity index (χ0v) is 29.9. The van der Waals surface area contributed by atoms with Gasteiger partial charge in [0, 0.05) is 6.42 Å². The molecule has 1 amide bonds. The summed E-state index contributed by atoms with van der Waals surface area (Å²) in [4.78, 5) is 12.3. The maximum absolute atomic E-state index is 12.3. The van der Waals surface area contributed by atoms with Crippen molar-refractivity contribution in [2.45, 2.75) is 231 Å². The molecule has 44 heavy (non-hydrogen) atoms. The Morgan fingerprint density at radius 3 is 1.18 bits per heavy atom. The van der Waals surface area contributed by atoms with Crippen molar-refractivity contribution < 1.29 is 15.0 Å². The highest BCUT2D eigenvalue weighted by Gasteiger charge is 2.17. The van der Waals surface area contributed by atoms with Crippen LogP contribution in [-0.2, 0) is 4.79 Å². The second kappa shape index (κ2) is 36.6. The van der Waals surface area contributed by atoms with E-state index in [2.05, 4.69) is 19.2 Å². The molecule has 262 valence electrons. The maximum Gasteiger partial charge on any atom is 0.220 e. The Morgan fingerprint density at radius 1 is 0.523 bits per heavy atom. The Hall–Kier alpha value is -0.870. The summed E-state index contributed by atoms with van der Waals surface area (Å²) < 4.78 is 0. The lowest BCUT2D eigenvalue weighted by atomic mass is 10.0. The largest absolute Gasteiger partial charge is 0.394 e. The lowest BCUT2D eigenvalue weighted by molar-refractivity contribution is -0.123. The Bertz CT molecular complexity index is 593. The van der Waals surface area contributed by atoms with Crippen LogP contribution in [0.25, 0.3) is 0 Å². The van der Waals surface area contributed by atoms with Crippen LogP contribution in [0.15, 0.2) is 12.2 Å². The highest BCUT2D eigenvalue weighted by Crippen LogP contribution is 2.16. The molecule has 2 unspecified atom stereocenters. The molecule has 0 fully saturated rings. The SMILES string of the molecule is CCCCCCC/C=C/C(O)C(CO)NC(=O)CCCCCCCCCCCCCCCCCCCCCCCCCCC. The van der Waals surface area contributed by atoms with Gasteiger partial charge in [0.05, 0.1) is 18.8 Å². The Labute approximate surface area is 276 Å². The van der Waals surface area contributed by atoms with Crippen molar-refractivity contribution >= 4 is 5.91 Å². The van der Waals surface area contributed by atoms with E-state index >= 15 is 0 Å². The molecule has 0 spiro atoms. The van der Waals surface area contributed by atoms with Gasteiger partial charge in [-0.25, -0.2) is 0 Å². The van der Waals surface area contributed by atoms with Crippen molar-refractivity contribution in [1.29, 1.82) is 0 Å². The van der Waals surface area contributed by atoms with Crippen molar-refractivity contribution in [3.05, 3.63) is 12.2 Å². The molecule has 0 heterocycles. The van der Waals surface area contributed by atoms with E-state index in [1.807, 2.05) is 6.08 Å². The monoisotopic (exact) mass is 622 g/mol. The molecule has 0 saturated carbocycles. The molecule has 0 aliphatic carbocycles. The first-order valence-corrected chi connectivity index (χ1v) is 19.9.